The first-order chi connectivity index (χ1) is 10.3. The summed E-state index contributed by atoms with van der Waals surface area (Å²) < 4.78 is 5.42. The van der Waals surface area contributed by atoms with E-state index in [2.05, 4.69) is 32.3 Å². The number of ether oxygens (including phenoxy) is 1. The van der Waals surface area contributed by atoms with E-state index in [9.17, 15) is 0 Å². The van der Waals surface area contributed by atoms with E-state index in [-0.39, 0.29) is 0 Å². The number of nitrogens with zero attached hydrogens (tertiary/aromatic N) is 3. The van der Waals surface area contributed by atoms with Crippen molar-refractivity contribution >= 4 is 5.82 Å². The minimum atomic E-state index is 0.439. The number of para-hydroxylation sites is 1. The highest BCUT2D eigenvalue weighted by Crippen LogP contribution is 2.22. The molecule has 110 valence electrons. The monoisotopic (exact) mass is 284 g/mol. The summed E-state index contributed by atoms with van der Waals surface area (Å²) in [5.74, 6) is 1.86. The molecular formula is C16H20N4O. The van der Waals surface area contributed by atoms with Crippen LogP contribution in [0, 0.1) is 0 Å². The van der Waals surface area contributed by atoms with Crippen LogP contribution in [0.1, 0.15) is 12.0 Å². The Hall–Kier alpha value is -2.14. The number of likely N-dealkylation sites (tertiary alicyclic amines) is 1. The Morgan fingerprint density at radius 1 is 1.33 bits per heavy atom. The van der Waals surface area contributed by atoms with E-state index in [0.717, 1.165) is 37.6 Å². The van der Waals surface area contributed by atoms with Crippen LogP contribution in [0.4, 0.5) is 5.82 Å². The van der Waals surface area contributed by atoms with E-state index in [1.807, 2.05) is 18.2 Å². The van der Waals surface area contributed by atoms with Crippen molar-refractivity contribution in [2.75, 3.05) is 25.5 Å². The van der Waals surface area contributed by atoms with Gasteiger partial charge >= 0.3 is 0 Å². The summed E-state index contributed by atoms with van der Waals surface area (Å²) in [5.41, 5.74) is 1.24. The lowest BCUT2D eigenvalue weighted by Gasteiger charge is -2.18. The highest BCUT2D eigenvalue weighted by molar-refractivity contribution is 5.35. The Labute approximate surface area is 125 Å². The lowest BCUT2D eigenvalue weighted by Crippen LogP contribution is -2.26. The number of aromatic nitrogens is 2. The molecule has 5 heteroatoms. The van der Waals surface area contributed by atoms with Crippen LogP contribution in [-0.2, 0) is 6.54 Å². The zero-order valence-corrected chi connectivity index (χ0v) is 12.2. The molecule has 1 unspecified atom stereocenters. The maximum Gasteiger partial charge on any atom is 0.129 e. The first-order valence-corrected chi connectivity index (χ1v) is 7.22. The van der Waals surface area contributed by atoms with Crippen molar-refractivity contribution in [1.29, 1.82) is 0 Å². The molecule has 0 amide bonds. The maximum atomic E-state index is 5.42. The topological polar surface area (TPSA) is 50.3 Å². The fourth-order valence-electron chi connectivity index (χ4n) is 2.75. The SMILES string of the molecule is COc1ccccc1CN1CCC(Nc2ccncn2)C1. The number of hydrogen-bond acceptors (Lipinski definition) is 5. The van der Waals surface area contributed by atoms with E-state index >= 15 is 0 Å². The predicted octanol–water partition coefficient (Wildman–Crippen LogP) is 2.17. The summed E-state index contributed by atoms with van der Waals surface area (Å²) in [6, 6.07) is 10.6. The van der Waals surface area contributed by atoms with E-state index in [1.54, 1.807) is 19.6 Å². The van der Waals surface area contributed by atoms with Gasteiger partial charge in [0.1, 0.15) is 17.9 Å². The molecular weight excluding hydrogens is 264 g/mol. The number of benzene rings is 1. The fraction of sp³-hybridized carbons (Fsp3) is 0.375. The quantitative estimate of drug-likeness (QED) is 0.912. The molecule has 2 heterocycles. The summed E-state index contributed by atoms with van der Waals surface area (Å²) in [7, 11) is 1.72. The Morgan fingerprint density at radius 2 is 2.24 bits per heavy atom. The highest BCUT2D eigenvalue weighted by atomic mass is 16.5. The summed E-state index contributed by atoms with van der Waals surface area (Å²) in [4.78, 5) is 10.6. The molecule has 0 spiro atoms. The van der Waals surface area contributed by atoms with Crippen molar-refractivity contribution in [1.82, 2.24) is 14.9 Å². The Kier molecular flexibility index (Phi) is 4.31. The molecule has 1 atom stereocenters. The van der Waals surface area contributed by atoms with Gasteiger partial charge in [0.05, 0.1) is 7.11 Å². The van der Waals surface area contributed by atoms with Crippen LogP contribution in [0.5, 0.6) is 5.75 Å². The number of hydrogen-bond donors (Lipinski definition) is 1. The first-order valence-electron chi connectivity index (χ1n) is 7.22. The molecule has 1 saturated heterocycles. The second kappa shape index (κ2) is 6.54. The Morgan fingerprint density at radius 3 is 3.05 bits per heavy atom. The predicted molar refractivity (Wildman–Crippen MR) is 82.3 cm³/mol. The zero-order chi connectivity index (χ0) is 14.5. The Balaban J connectivity index is 1.57. The molecule has 21 heavy (non-hydrogen) atoms. The first kappa shape index (κ1) is 13.8. The molecule has 3 rings (SSSR count). The third-order valence-electron chi connectivity index (χ3n) is 3.79. The highest BCUT2D eigenvalue weighted by Gasteiger charge is 2.23. The molecule has 0 radical (unpaired) electrons. The standard InChI is InChI=1S/C16H20N4O/c1-21-15-5-3-2-4-13(15)10-20-9-7-14(11-20)19-16-6-8-17-12-18-16/h2-6,8,12,14H,7,9-11H2,1H3,(H,17,18,19). The van der Waals surface area contributed by atoms with Crippen LogP contribution < -0.4 is 10.1 Å². The van der Waals surface area contributed by atoms with Gasteiger partial charge in [0.25, 0.3) is 0 Å². The normalized spacial score (nSPS) is 18.6. The van der Waals surface area contributed by atoms with Gasteiger partial charge in [-0.15, -0.1) is 0 Å². The van der Waals surface area contributed by atoms with Gasteiger partial charge in [0.15, 0.2) is 0 Å². The number of methoxy groups -OCH3 is 1. The van der Waals surface area contributed by atoms with Crippen molar-refractivity contribution in [2.24, 2.45) is 0 Å². The smallest absolute Gasteiger partial charge is 0.129 e. The molecule has 0 saturated carbocycles. The average Bonchev–Trinajstić information content (AvgIpc) is 2.96. The molecule has 1 N–H and O–H groups in total. The van der Waals surface area contributed by atoms with Crippen LogP contribution in [0.3, 0.4) is 0 Å². The van der Waals surface area contributed by atoms with Gasteiger partial charge < -0.3 is 10.1 Å². The maximum absolute atomic E-state index is 5.42. The van der Waals surface area contributed by atoms with Gasteiger partial charge in [-0.05, 0) is 18.6 Å². The Bertz CT molecular complexity index is 575. The van der Waals surface area contributed by atoms with Crippen molar-refractivity contribution in [3.63, 3.8) is 0 Å². The molecule has 5 nitrogen and oxygen atoms in total. The molecule has 1 aliphatic rings. The van der Waals surface area contributed by atoms with Crippen LogP contribution >= 0.6 is 0 Å². The minimum Gasteiger partial charge on any atom is -0.496 e. The van der Waals surface area contributed by atoms with Gasteiger partial charge in [0.2, 0.25) is 0 Å². The largest absolute Gasteiger partial charge is 0.496 e. The van der Waals surface area contributed by atoms with Crippen LogP contribution in [-0.4, -0.2) is 41.1 Å². The lowest BCUT2D eigenvalue weighted by atomic mass is 10.2. The number of rotatable bonds is 5. The lowest BCUT2D eigenvalue weighted by molar-refractivity contribution is 0.318. The third kappa shape index (κ3) is 3.49. The number of anilines is 1. The summed E-state index contributed by atoms with van der Waals surface area (Å²) in [6.07, 6.45) is 4.46. The molecule has 1 aromatic carbocycles. The van der Waals surface area contributed by atoms with Crippen molar-refractivity contribution in [3.8, 4) is 5.75 Å². The second-order valence-electron chi connectivity index (χ2n) is 5.27. The molecule has 0 aliphatic carbocycles. The van der Waals surface area contributed by atoms with Crippen LogP contribution in [0.2, 0.25) is 0 Å². The average molecular weight is 284 g/mol. The zero-order valence-electron chi connectivity index (χ0n) is 12.2. The van der Waals surface area contributed by atoms with Gasteiger partial charge in [0, 0.05) is 37.4 Å². The molecule has 1 fully saturated rings. The van der Waals surface area contributed by atoms with E-state index in [1.165, 1.54) is 5.56 Å². The van der Waals surface area contributed by atoms with E-state index < -0.39 is 0 Å². The number of nitrogens with one attached hydrogen (secondary N) is 1. The second-order valence-corrected chi connectivity index (χ2v) is 5.27. The van der Waals surface area contributed by atoms with E-state index in [4.69, 9.17) is 4.74 Å². The fourth-order valence-corrected chi connectivity index (χ4v) is 2.75. The van der Waals surface area contributed by atoms with Crippen molar-refractivity contribution < 1.29 is 4.74 Å². The van der Waals surface area contributed by atoms with Gasteiger partial charge in [-0.2, -0.15) is 0 Å². The van der Waals surface area contributed by atoms with Crippen LogP contribution in [0.15, 0.2) is 42.9 Å². The van der Waals surface area contributed by atoms with Crippen molar-refractivity contribution in [3.05, 3.63) is 48.4 Å². The molecule has 2 aromatic rings. The van der Waals surface area contributed by atoms with E-state index in [0.29, 0.717) is 6.04 Å². The summed E-state index contributed by atoms with van der Waals surface area (Å²) >= 11 is 0. The summed E-state index contributed by atoms with van der Waals surface area (Å²) in [5, 5.41) is 3.46. The van der Waals surface area contributed by atoms with Gasteiger partial charge in [-0.1, -0.05) is 18.2 Å². The molecule has 1 aromatic heterocycles. The van der Waals surface area contributed by atoms with Gasteiger partial charge in [-0.25, -0.2) is 9.97 Å². The molecule has 0 bridgehead atoms. The summed E-state index contributed by atoms with van der Waals surface area (Å²) in [6.45, 7) is 3.02. The van der Waals surface area contributed by atoms with Crippen molar-refractivity contribution in [2.45, 2.75) is 19.0 Å². The molecule has 1 aliphatic heterocycles. The minimum absolute atomic E-state index is 0.439. The van der Waals surface area contributed by atoms with Crippen LogP contribution in [0.25, 0.3) is 0 Å². The third-order valence-corrected chi connectivity index (χ3v) is 3.79. The van der Waals surface area contributed by atoms with Gasteiger partial charge in [-0.3, -0.25) is 4.90 Å².